The van der Waals surface area contributed by atoms with Gasteiger partial charge in [-0.25, -0.2) is 23.1 Å². The lowest BCUT2D eigenvalue weighted by Crippen LogP contribution is -2.37. The largest absolute Gasteiger partial charge is 0.496 e. The summed E-state index contributed by atoms with van der Waals surface area (Å²) in [6.45, 7) is 4.61. The quantitative estimate of drug-likeness (QED) is 0.805. The minimum atomic E-state index is -3.64. The molecule has 1 fully saturated rings. The highest BCUT2D eigenvalue weighted by molar-refractivity contribution is 7.89. The van der Waals surface area contributed by atoms with Crippen molar-refractivity contribution in [1.29, 1.82) is 0 Å². The fourth-order valence-corrected chi connectivity index (χ4v) is 3.75. The molecule has 1 saturated heterocycles. The van der Waals surface area contributed by atoms with Crippen LogP contribution in [0.4, 0.5) is 5.95 Å². The van der Waals surface area contributed by atoms with Crippen LogP contribution < -0.4 is 14.4 Å². The normalized spacial score (nSPS) is 15.1. The van der Waals surface area contributed by atoms with Gasteiger partial charge in [0.1, 0.15) is 5.75 Å². The molecule has 8 nitrogen and oxygen atoms in total. The van der Waals surface area contributed by atoms with Crippen molar-refractivity contribution < 1.29 is 17.9 Å². The van der Waals surface area contributed by atoms with Gasteiger partial charge >= 0.3 is 0 Å². The van der Waals surface area contributed by atoms with Crippen LogP contribution >= 0.6 is 0 Å². The number of rotatable bonds is 6. The first kappa shape index (κ1) is 18.6. The Labute approximate surface area is 153 Å². The lowest BCUT2D eigenvalue weighted by molar-refractivity contribution is 0.122. The first-order chi connectivity index (χ1) is 12.5. The summed E-state index contributed by atoms with van der Waals surface area (Å²) in [4.78, 5) is 10.9. The van der Waals surface area contributed by atoms with Crippen LogP contribution in [0.25, 0.3) is 0 Å². The highest BCUT2D eigenvalue weighted by Crippen LogP contribution is 2.21. The van der Waals surface area contributed by atoms with Crippen LogP contribution in [-0.4, -0.2) is 51.8 Å². The summed E-state index contributed by atoms with van der Waals surface area (Å²) in [5.74, 6) is 1.24. The molecule has 0 bridgehead atoms. The highest BCUT2D eigenvalue weighted by atomic mass is 32.2. The number of sulfonamides is 1. The number of hydrogen-bond acceptors (Lipinski definition) is 7. The van der Waals surface area contributed by atoms with Crippen LogP contribution in [0.5, 0.6) is 5.75 Å². The summed E-state index contributed by atoms with van der Waals surface area (Å²) in [5, 5.41) is 0. The highest BCUT2D eigenvalue weighted by Gasteiger charge is 2.17. The second-order valence-corrected chi connectivity index (χ2v) is 7.67. The van der Waals surface area contributed by atoms with E-state index < -0.39 is 10.0 Å². The molecule has 2 aromatic rings. The molecule has 0 saturated carbocycles. The van der Waals surface area contributed by atoms with E-state index in [1.807, 2.05) is 4.90 Å². The van der Waals surface area contributed by atoms with E-state index in [9.17, 15) is 8.42 Å². The van der Waals surface area contributed by atoms with Crippen LogP contribution in [-0.2, 0) is 21.3 Å². The molecule has 1 aromatic carbocycles. The summed E-state index contributed by atoms with van der Waals surface area (Å²) in [5.41, 5.74) is 1.36. The molecule has 1 aliphatic rings. The summed E-state index contributed by atoms with van der Waals surface area (Å²) in [6, 6.07) is 6.45. The number of nitrogens with zero attached hydrogens (tertiary/aromatic N) is 3. The van der Waals surface area contributed by atoms with Crippen LogP contribution in [0.2, 0.25) is 0 Å². The third-order valence-electron chi connectivity index (χ3n) is 4.11. The Balaban J connectivity index is 1.70. The molecule has 1 aromatic heterocycles. The van der Waals surface area contributed by atoms with Gasteiger partial charge in [-0.1, -0.05) is 0 Å². The maximum Gasteiger partial charge on any atom is 0.240 e. The lowest BCUT2D eigenvalue weighted by atomic mass is 10.2. The van der Waals surface area contributed by atoms with Gasteiger partial charge in [-0.3, -0.25) is 0 Å². The Morgan fingerprint density at radius 2 is 2.04 bits per heavy atom. The Hall–Kier alpha value is -2.23. The summed E-state index contributed by atoms with van der Waals surface area (Å²) < 4.78 is 38.1. The minimum Gasteiger partial charge on any atom is -0.496 e. The molecule has 0 aliphatic carbocycles. The molecule has 0 atom stereocenters. The van der Waals surface area contributed by atoms with E-state index in [0.29, 0.717) is 30.6 Å². The van der Waals surface area contributed by atoms with Gasteiger partial charge in [0.25, 0.3) is 0 Å². The molecule has 2 heterocycles. The van der Waals surface area contributed by atoms with E-state index in [1.165, 1.54) is 6.07 Å². The van der Waals surface area contributed by atoms with Crippen LogP contribution in [0.15, 0.2) is 35.4 Å². The number of methoxy groups -OCH3 is 1. The maximum absolute atomic E-state index is 12.5. The van der Waals surface area contributed by atoms with Crippen molar-refractivity contribution in [2.24, 2.45) is 0 Å². The van der Waals surface area contributed by atoms with Crippen molar-refractivity contribution in [2.75, 3.05) is 38.3 Å². The zero-order valence-electron chi connectivity index (χ0n) is 14.8. The molecule has 3 rings (SSSR count). The Morgan fingerprint density at radius 3 is 2.73 bits per heavy atom. The molecular weight excluding hydrogens is 356 g/mol. The van der Waals surface area contributed by atoms with E-state index in [0.717, 1.165) is 18.7 Å². The van der Waals surface area contributed by atoms with Gasteiger partial charge < -0.3 is 14.4 Å². The fraction of sp³-hybridized carbons (Fsp3) is 0.412. The molecule has 9 heteroatoms. The molecule has 140 valence electrons. The van der Waals surface area contributed by atoms with Gasteiger partial charge in [0.15, 0.2) is 0 Å². The lowest BCUT2D eigenvalue weighted by Gasteiger charge is -2.26. The predicted octanol–water partition coefficient (Wildman–Crippen LogP) is 1.11. The third kappa shape index (κ3) is 4.29. The number of nitrogens with one attached hydrogen (secondary N) is 1. The Bertz CT molecular complexity index is 867. The van der Waals surface area contributed by atoms with Gasteiger partial charge in [0.2, 0.25) is 16.0 Å². The Morgan fingerprint density at radius 1 is 1.27 bits per heavy atom. The second kappa shape index (κ2) is 7.98. The van der Waals surface area contributed by atoms with E-state index in [2.05, 4.69) is 14.7 Å². The number of aromatic nitrogens is 2. The minimum absolute atomic E-state index is 0.0905. The molecule has 0 amide bonds. The first-order valence-electron chi connectivity index (χ1n) is 8.28. The van der Waals surface area contributed by atoms with Crippen molar-refractivity contribution in [1.82, 2.24) is 14.7 Å². The van der Waals surface area contributed by atoms with E-state index in [-0.39, 0.29) is 11.4 Å². The van der Waals surface area contributed by atoms with Crippen LogP contribution in [0, 0.1) is 6.92 Å². The van der Waals surface area contributed by atoms with Gasteiger partial charge in [0.05, 0.1) is 37.5 Å². The third-order valence-corrected chi connectivity index (χ3v) is 5.51. The van der Waals surface area contributed by atoms with Crippen molar-refractivity contribution in [3.8, 4) is 5.75 Å². The SMILES string of the molecule is COc1ccc(S(=O)(=O)NCc2ccnc(N3CCOCC3)n2)cc1C. The predicted molar refractivity (Wildman–Crippen MR) is 96.8 cm³/mol. The maximum atomic E-state index is 12.5. The number of aryl methyl sites for hydroxylation is 1. The molecule has 26 heavy (non-hydrogen) atoms. The van der Waals surface area contributed by atoms with Crippen LogP contribution in [0.1, 0.15) is 11.3 Å². The zero-order chi connectivity index (χ0) is 18.6. The van der Waals surface area contributed by atoms with E-state index in [1.54, 1.807) is 38.4 Å². The molecule has 0 spiro atoms. The summed E-state index contributed by atoms with van der Waals surface area (Å²) in [7, 11) is -2.09. The zero-order valence-corrected chi connectivity index (χ0v) is 15.6. The molecule has 0 radical (unpaired) electrons. The standard InChI is InChI=1S/C17H22N4O4S/c1-13-11-15(3-4-16(13)24-2)26(22,23)19-12-14-5-6-18-17(20-14)21-7-9-25-10-8-21/h3-6,11,19H,7-10,12H2,1-2H3. The van der Waals surface area contributed by atoms with Crippen molar-refractivity contribution >= 4 is 16.0 Å². The summed E-state index contributed by atoms with van der Waals surface area (Å²) >= 11 is 0. The molecule has 0 unspecified atom stereocenters. The molecule has 1 N–H and O–H groups in total. The second-order valence-electron chi connectivity index (χ2n) is 5.90. The number of benzene rings is 1. The van der Waals surface area contributed by atoms with Gasteiger partial charge in [0, 0.05) is 19.3 Å². The average molecular weight is 378 g/mol. The topological polar surface area (TPSA) is 93.7 Å². The summed E-state index contributed by atoms with van der Waals surface area (Å²) in [6.07, 6.45) is 1.64. The molecule has 1 aliphatic heterocycles. The van der Waals surface area contributed by atoms with Crippen molar-refractivity contribution in [2.45, 2.75) is 18.4 Å². The monoisotopic (exact) mass is 378 g/mol. The first-order valence-corrected chi connectivity index (χ1v) is 9.77. The smallest absolute Gasteiger partial charge is 0.240 e. The van der Waals surface area contributed by atoms with Crippen molar-refractivity contribution in [3.63, 3.8) is 0 Å². The molecular formula is C17H22N4O4S. The van der Waals surface area contributed by atoms with Gasteiger partial charge in [-0.15, -0.1) is 0 Å². The van der Waals surface area contributed by atoms with Gasteiger partial charge in [-0.2, -0.15) is 0 Å². The van der Waals surface area contributed by atoms with Crippen LogP contribution in [0.3, 0.4) is 0 Å². The van der Waals surface area contributed by atoms with Crippen molar-refractivity contribution in [3.05, 3.63) is 41.7 Å². The van der Waals surface area contributed by atoms with E-state index in [4.69, 9.17) is 9.47 Å². The Kier molecular flexibility index (Phi) is 5.70. The number of ether oxygens (including phenoxy) is 2. The fourth-order valence-electron chi connectivity index (χ4n) is 2.67. The number of anilines is 1. The van der Waals surface area contributed by atoms with Gasteiger partial charge in [-0.05, 0) is 36.8 Å². The average Bonchev–Trinajstić information content (AvgIpc) is 2.67. The number of morpholine rings is 1. The number of hydrogen-bond donors (Lipinski definition) is 1. The van der Waals surface area contributed by atoms with E-state index >= 15 is 0 Å².